The van der Waals surface area contributed by atoms with E-state index in [4.69, 9.17) is 9.47 Å². The molecule has 0 fully saturated rings. The van der Waals surface area contributed by atoms with Crippen LogP contribution in [0.5, 0.6) is 5.75 Å². The number of methoxy groups -OCH3 is 1. The molecule has 0 unspecified atom stereocenters. The third-order valence-corrected chi connectivity index (χ3v) is 4.94. The minimum absolute atomic E-state index is 0.557. The second-order valence-corrected chi connectivity index (χ2v) is 12.0. The highest BCUT2D eigenvalue weighted by molar-refractivity contribution is 6.76. The molecule has 1 aromatic carbocycles. The number of ether oxygens (including phenoxy) is 2. The van der Waals surface area contributed by atoms with Crippen LogP contribution in [0.1, 0.15) is 0 Å². The monoisotopic (exact) mass is 304 g/mol. The minimum atomic E-state index is -1.02. The third kappa shape index (κ3) is 5.02. The van der Waals surface area contributed by atoms with E-state index in [0.29, 0.717) is 6.73 Å². The number of hydrogen-bond acceptors (Lipinski definition) is 3. The van der Waals surface area contributed by atoms with E-state index in [1.54, 1.807) is 7.11 Å². The van der Waals surface area contributed by atoms with Gasteiger partial charge >= 0.3 is 0 Å². The third-order valence-electron chi connectivity index (χ3n) is 3.24. The summed E-state index contributed by atoms with van der Waals surface area (Å²) in [6, 6.07) is 9.10. The van der Waals surface area contributed by atoms with Gasteiger partial charge in [0.1, 0.15) is 12.5 Å². The maximum atomic E-state index is 5.72. The van der Waals surface area contributed by atoms with Crippen LogP contribution in [0.3, 0.4) is 0 Å². The molecule has 0 aliphatic carbocycles. The topological polar surface area (TPSA) is 36.3 Å². The smallest absolute Gasteiger partial charge is 0.123 e. The van der Waals surface area contributed by atoms with Gasteiger partial charge in [0.15, 0.2) is 0 Å². The van der Waals surface area contributed by atoms with Gasteiger partial charge in [0, 0.05) is 26.4 Å². The van der Waals surface area contributed by atoms with Crippen molar-refractivity contribution in [3.63, 3.8) is 0 Å². The van der Waals surface area contributed by atoms with Crippen molar-refractivity contribution >= 4 is 8.07 Å². The molecule has 0 radical (unpaired) electrons. The Morgan fingerprint density at radius 3 is 2.76 bits per heavy atom. The number of rotatable bonds is 7. The van der Waals surface area contributed by atoms with Gasteiger partial charge in [-0.05, 0) is 18.2 Å². The lowest BCUT2D eigenvalue weighted by molar-refractivity contribution is 0.0872. The average molecular weight is 304 g/mol. The fourth-order valence-electron chi connectivity index (χ4n) is 1.91. The van der Waals surface area contributed by atoms with Gasteiger partial charge in [-0.2, -0.15) is 0 Å². The van der Waals surface area contributed by atoms with Crippen molar-refractivity contribution in [3.05, 3.63) is 36.8 Å². The van der Waals surface area contributed by atoms with Crippen LogP contribution in [0.25, 0.3) is 11.3 Å². The van der Waals surface area contributed by atoms with Gasteiger partial charge in [0.05, 0.1) is 19.1 Å². The highest BCUT2D eigenvalue weighted by Crippen LogP contribution is 2.22. The highest BCUT2D eigenvalue weighted by atomic mass is 28.3. The maximum absolute atomic E-state index is 5.72. The van der Waals surface area contributed by atoms with Crippen LogP contribution in [-0.4, -0.2) is 31.3 Å². The number of imidazole rings is 1. The molecule has 0 saturated carbocycles. The summed E-state index contributed by atoms with van der Waals surface area (Å²) in [5.74, 6) is 0.841. The number of hydrogen-bond donors (Lipinski definition) is 0. The first-order valence-corrected chi connectivity index (χ1v) is 10.9. The summed E-state index contributed by atoms with van der Waals surface area (Å²) >= 11 is 0. The molecule has 5 heteroatoms. The normalized spacial score (nSPS) is 11.6. The van der Waals surface area contributed by atoms with Gasteiger partial charge in [-0.25, -0.2) is 4.98 Å². The van der Waals surface area contributed by atoms with Crippen molar-refractivity contribution in [1.29, 1.82) is 0 Å². The quantitative estimate of drug-likeness (QED) is 0.575. The molecular weight excluding hydrogens is 280 g/mol. The lowest BCUT2D eigenvalue weighted by atomic mass is 10.1. The first-order valence-electron chi connectivity index (χ1n) is 7.22. The Bertz CT molecular complexity index is 576. The van der Waals surface area contributed by atoms with Crippen LogP contribution in [0, 0.1) is 0 Å². The van der Waals surface area contributed by atoms with Gasteiger partial charge in [0.25, 0.3) is 0 Å². The highest BCUT2D eigenvalue weighted by Gasteiger charge is 2.12. The Morgan fingerprint density at radius 1 is 1.24 bits per heavy atom. The summed E-state index contributed by atoms with van der Waals surface area (Å²) in [6.07, 6.45) is 3.81. The molecule has 0 amide bonds. The molecule has 4 nitrogen and oxygen atoms in total. The van der Waals surface area contributed by atoms with Crippen molar-refractivity contribution in [2.45, 2.75) is 32.4 Å². The molecule has 0 aliphatic rings. The fraction of sp³-hybridized carbons (Fsp3) is 0.438. The Kier molecular flexibility index (Phi) is 5.20. The summed E-state index contributed by atoms with van der Waals surface area (Å²) in [4.78, 5) is 4.43. The van der Waals surface area contributed by atoms with Gasteiger partial charge in [-0.15, -0.1) is 0 Å². The number of nitrogens with zero attached hydrogens (tertiary/aromatic N) is 2. The lowest BCUT2D eigenvalue weighted by Gasteiger charge is -2.15. The number of benzene rings is 1. The second-order valence-electron chi connectivity index (χ2n) is 6.35. The van der Waals surface area contributed by atoms with E-state index in [9.17, 15) is 0 Å². The van der Waals surface area contributed by atoms with E-state index in [1.807, 2.05) is 41.4 Å². The Balaban J connectivity index is 1.92. The molecule has 0 spiro atoms. The summed E-state index contributed by atoms with van der Waals surface area (Å²) in [6.45, 7) is 8.45. The van der Waals surface area contributed by atoms with Crippen molar-refractivity contribution in [2.75, 3.05) is 13.7 Å². The van der Waals surface area contributed by atoms with E-state index in [1.165, 1.54) is 6.04 Å². The molecular formula is C16H24N2O2Si. The summed E-state index contributed by atoms with van der Waals surface area (Å²) in [5, 5.41) is 0. The number of aromatic nitrogens is 2. The van der Waals surface area contributed by atoms with E-state index < -0.39 is 8.07 Å². The maximum Gasteiger partial charge on any atom is 0.123 e. The zero-order valence-electron chi connectivity index (χ0n) is 13.3. The predicted molar refractivity (Wildman–Crippen MR) is 88.3 cm³/mol. The van der Waals surface area contributed by atoms with E-state index in [2.05, 4.69) is 24.6 Å². The van der Waals surface area contributed by atoms with E-state index in [0.717, 1.165) is 23.6 Å². The summed E-state index contributed by atoms with van der Waals surface area (Å²) < 4.78 is 12.9. The molecule has 114 valence electrons. The van der Waals surface area contributed by atoms with E-state index in [-0.39, 0.29) is 0 Å². The molecule has 2 rings (SSSR count). The molecule has 1 aromatic heterocycles. The standard InChI is InChI=1S/C16H24N2O2Si/c1-19-15-7-5-6-14(10-15)16-11-18(12-17-16)13-20-8-9-21(2,3)4/h5-7,10-12H,8-9,13H2,1-4H3. The summed E-state index contributed by atoms with van der Waals surface area (Å²) in [5.41, 5.74) is 1.98. The second kappa shape index (κ2) is 6.91. The predicted octanol–water partition coefficient (Wildman–Crippen LogP) is 3.87. The Morgan fingerprint density at radius 2 is 2.05 bits per heavy atom. The van der Waals surface area contributed by atoms with Crippen LogP contribution in [0.15, 0.2) is 36.8 Å². The zero-order valence-corrected chi connectivity index (χ0v) is 14.3. The Labute approximate surface area is 127 Å². The van der Waals surface area contributed by atoms with Crippen LogP contribution in [0.2, 0.25) is 25.7 Å². The van der Waals surface area contributed by atoms with Crippen LogP contribution >= 0.6 is 0 Å². The van der Waals surface area contributed by atoms with Crippen molar-refractivity contribution in [1.82, 2.24) is 9.55 Å². The average Bonchev–Trinajstić information content (AvgIpc) is 2.91. The first-order chi connectivity index (χ1) is 9.98. The minimum Gasteiger partial charge on any atom is -0.497 e. The van der Waals surface area contributed by atoms with Crippen LogP contribution in [-0.2, 0) is 11.5 Å². The lowest BCUT2D eigenvalue weighted by Crippen LogP contribution is -2.21. The van der Waals surface area contributed by atoms with Gasteiger partial charge in [0.2, 0.25) is 0 Å². The van der Waals surface area contributed by atoms with Gasteiger partial charge in [-0.1, -0.05) is 31.8 Å². The van der Waals surface area contributed by atoms with Crippen LogP contribution in [0.4, 0.5) is 0 Å². The largest absolute Gasteiger partial charge is 0.497 e. The molecule has 2 aromatic rings. The molecule has 0 atom stereocenters. The van der Waals surface area contributed by atoms with Crippen molar-refractivity contribution < 1.29 is 9.47 Å². The Hall–Kier alpha value is -1.59. The molecule has 0 bridgehead atoms. The molecule has 1 heterocycles. The van der Waals surface area contributed by atoms with Crippen LogP contribution < -0.4 is 4.74 Å². The van der Waals surface area contributed by atoms with Gasteiger partial charge < -0.3 is 14.0 Å². The molecule has 0 aliphatic heterocycles. The van der Waals surface area contributed by atoms with Crippen molar-refractivity contribution in [3.8, 4) is 17.0 Å². The summed E-state index contributed by atoms with van der Waals surface area (Å²) in [7, 11) is 0.654. The SMILES string of the molecule is COc1cccc(-c2cn(COCC[Si](C)(C)C)cn2)c1. The molecule has 0 N–H and O–H groups in total. The van der Waals surface area contributed by atoms with Gasteiger partial charge in [-0.3, -0.25) is 0 Å². The fourth-order valence-corrected chi connectivity index (χ4v) is 2.67. The zero-order chi connectivity index (χ0) is 15.3. The van der Waals surface area contributed by atoms with E-state index >= 15 is 0 Å². The first kappa shape index (κ1) is 15.8. The molecule has 21 heavy (non-hydrogen) atoms. The van der Waals surface area contributed by atoms with Crippen molar-refractivity contribution in [2.24, 2.45) is 0 Å². The molecule has 0 saturated heterocycles.